The van der Waals surface area contributed by atoms with Crippen LogP contribution in [0.5, 0.6) is 0 Å². The van der Waals surface area contributed by atoms with Gasteiger partial charge in [-0.3, -0.25) is 0 Å². The third-order valence-electron chi connectivity index (χ3n) is 3.81. The molecule has 0 aliphatic carbocycles. The Labute approximate surface area is 117 Å². The van der Waals surface area contributed by atoms with Gasteiger partial charge in [-0.2, -0.15) is 5.10 Å². The smallest absolute Gasteiger partial charge is 0.337 e. The predicted molar refractivity (Wildman–Crippen MR) is 75.3 cm³/mol. The summed E-state index contributed by atoms with van der Waals surface area (Å²) in [5.74, 6) is -0.921. The Morgan fingerprint density at radius 3 is 2.85 bits per heavy atom. The van der Waals surface area contributed by atoms with Crippen molar-refractivity contribution in [2.45, 2.75) is 19.9 Å². The molecule has 1 aliphatic rings. The van der Waals surface area contributed by atoms with Gasteiger partial charge in [-0.25, -0.2) is 9.48 Å². The van der Waals surface area contributed by atoms with Crippen molar-refractivity contribution in [2.24, 2.45) is 0 Å². The fraction of sp³-hybridized carbons (Fsp3) is 0.333. The summed E-state index contributed by atoms with van der Waals surface area (Å²) in [5, 5.41) is 13.9. The number of fused-ring (bicyclic) bond motifs is 1. The highest BCUT2D eigenvalue weighted by molar-refractivity contribution is 5.91. The Morgan fingerprint density at radius 1 is 1.35 bits per heavy atom. The molecule has 0 fully saturated rings. The van der Waals surface area contributed by atoms with E-state index in [0.29, 0.717) is 5.69 Å². The maximum absolute atomic E-state index is 11.4. The molecule has 3 rings (SSSR count). The molecule has 1 aromatic heterocycles. The number of aromatic carboxylic acids is 1. The molecule has 0 saturated heterocycles. The van der Waals surface area contributed by atoms with Crippen LogP contribution in [0.15, 0.2) is 24.3 Å². The van der Waals surface area contributed by atoms with Crippen molar-refractivity contribution in [2.75, 3.05) is 13.6 Å². The van der Waals surface area contributed by atoms with Gasteiger partial charge in [-0.15, -0.1) is 0 Å². The number of aryl methyl sites for hydroxylation is 1. The number of carboxylic acids is 1. The van der Waals surface area contributed by atoms with Crippen LogP contribution in [-0.4, -0.2) is 39.3 Å². The molecule has 20 heavy (non-hydrogen) atoms. The lowest BCUT2D eigenvalue weighted by molar-refractivity contribution is 0.0696. The molecule has 0 saturated carbocycles. The third-order valence-corrected chi connectivity index (χ3v) is 3.81. The van der Waals surface area contributed by atoms with Crippen LogP contribution in [0.2, 0.25) is 0 Å². The summed E-state index contributed by atoms with van der Waals surface area (Å²) < 4.78 is 1.81. The highest BCUT2D eigenvalue weighted by atomic mass is 16.4. The number of hydrogen-bond acceptors (Lipinski definition) is 3. The number of para-hydroxylation sites is 1. The van der Waals surface area contributed by atoms with Gasteiger partial charge in [0.1, 0.15) is 0 Å². The summed E-state index contributed by atoms with van der Waals surface area (Å²) in [5.41, 5.74) is 4.27. The molecule has 0 amide bonds. The van der Waals surface area contributed by atoms with Gasteiger partial charge >= 0.3 is 5.97 Å². The SMILES string of the molecule is Cc1nn(-c2ccccc2C(=O)O)c2c1CN(C)CC2. The maximum Gasteiger partial charge on any atom is 0.337 e. The van der Waals surface area contributed by atoms with E-state index in [0.717, 1.165) is 30.9 Å². The fourth-order valence-corrected chi connectivity index (χ4v) is 2.75. The molecule has 0 radical (unpaired) electrons. The summed E-state index contributed by atoms with van der Waals surface area (Å²) in [6, 6.07) is 7.02. The van der Waals surface area contributed by atoms with Crippen molar-refractivity contribution >= 4 is 5.97 Å². The molecule has 1 aromatic carbocycles. The van der Waals surface area contributed by atoms with Crippen molar-refractivity contribution in [3.8, 4) is 5.69 Å². The molecular weight excluding hydrogens is 254 g/mol. The monoisotopic (exact) mass is 271 g/mol. The highest BCUT2D eigenvalue weighted by Crippen LogP contribution is 2.25. The van der Waals surface area contributed by atoms with Gasteiger partial charge < -0.3 is 10.0 Å². The highest BCUT2D eigenvalue weighted by Gasteiger charge is 2.23. The van der Waals surface area contributed by atoms with Crippen molar-refractivity contribution in [1.29, 1.82) is 0 Å². The van der Waals surface area contributed by atoms with E-state index in [4.69, 9.17) is 0 Å². The third kappa shape index (κ3) is 2.00. The first-order chi connectivity index (χ1) is 9.58. The van der Waals surface area contributed by atoms with Crippen molar-refractivity contribution in [3.05, 3.63) is 46.8 Å². The van der Waals surface area contributed by atoms with Gasteiger partial charge in [0.05, 0.1) is 22.6 Å². The van der Waals surface area contributed by atoms with Crippen molar-refractivity contribution in [1.82, 2.24) is 14.7 Å². The minimum absolute atomic E-state index is 0.289. The van der Waals surface area contributed by atoms with Gasteiger partial charge in [0, 0.05) is 25.1 Å². The second-order valence-corrected chi connectivity index (χ2v) is 5.23. The molecule has 1 aliphatic heterocycles. The second-order valence-electron chi connectivity index (χ2n) is 5.23. The first-order valence-corrected chi connectivity index (χ1v) is 6.66. The maximum atomic E-state index is 11.4. The van der Waals surface area contributed by atoms with E-state index in [9.17, 15) is 9.90 Å². The second kappa shape index (κ2) is 4.76. The minimum Gasteiger partial charge on any atom is -0.478 e. The Morgan fingerprint density at radius 2 is 2.10 bits per heavy atom. The number of carboxylic acid groups (broad SMARTS) is 1. The molecule has 0 bridgehead atoms. The number of hydrogen-bond donors (Lipinski definition) is 1. The minimum atomic E-state index is -0.921. The average Bonchev–Trinajstić information content (AvgIpc) is 2.75. The number of benzene rings is 1. The molecule has 2 aromatic rings. The summed E-state index contributed by atoms with van der Waals surface area (Å²) >= 11 is 0. The first kappa shape index (κ1) is 12.9. The number of nitrogens with zero attached hydrogens (tertiary/aromatic N) is 3. The molecule has 0 spiro atoms. The van der Waals surface area contributed by atoms with Gasteiger partial charge in [0.15, 0.2) is 0 Å². The van der Waals surface area contributed by atoms with Gasteiger partial charge in [-0.05, 0) is 26.1 Å². The Kier molecular flexibility index (Phi) is 3.06. The summed E-state index contributed by atoms with van der Waals surface area (Å²) in [6.45, 7) is 3.82. The van der Waals surface area contributed by atoms with Crippen LogP contribution in [0, 0.1) is 6.92 Å². The lowest BCUT2D eigenvalue weighted by atomic mass is 10.1. The van der Waals surface area contributed by atoms with Crippen LogP contribution >= 0.6 is 0 Å². The number of aromatic nitrogens is 2. The van der Waals surface area contributed by atoms with Crippen molar-refractivity contribution in [3.63, 3.8) is 0 Å². The van der Waals surface area contributed by atoms with Crippen LogP contribution < -0.4 is 0 Å². The first-order valence-electron chi connectivity index (χ1n) is 6.66. The lowest BCUT2D eigenvalue weighted by Crippen LogP contribution is -2.27. The van der Waals surface area contributed by atoms with E-state index in [1.165, 1.54) is 5.56 Å². The van der Waals surface area contributed by atoms with Crippen LogP contribution in [0.1, 0.15) is 27.3 Å². The lowest BCUT2D eigenvalue weighted by Gasteiger charge is -2.23. The fourth-order valence-electron chi connectivity index (χ4n) is 2.75. The normalized spacial score (nSPS) is 15.1. The Bertz CT molecular complexity index is 676. The molecule has 2 heterocycles. The van der Waals surface area contributed by atoms with E-state index < -0.39 is 5.97 Å². The number of carbonyl (C=O) groups is 1. The van der Waals surface area contributed by atoms with Crippen LogP contribution in [0.4, 0.5) is 0 Å². The zero-order valence-electron chi connectivity index (χ0n) is 11.6. The van der Waals surface area contributed by atoms with E-state index in [2.05, 4.69) is 17.0 Å². The molecule has 5 nitrogen and oxygen atoms in total. The quantitative estimate of drug-likeness (QED) is 0.906. The number of rotatable bonds is 2. The van der Waals surface area contributed by atoms with E-state index in [1.807, 2.05) is 19.1 Å². The van der Waals surface area contributed by atoms with Gasteiger partial charge in [0.25, 0.3) is 0 Å². The molecule has 1 N–H and O–H groups in total. The van der Waals surface area contributed by atoms with Crippen molar-refractivity contribution < 1.29 is 9.90 Å². The number of likely N-dealkylation sites (N-methyl/N-ethyl adjacent to an activating group) is 1. The van der Waals surface area contributed by atoms with E-state index >= 15 is 0 Å². The molecule has 0 atom stereocenters. The summed E-state index contributed by atoms with van der Waals surface area (Å²) in [7, 11) is 2.09. The van der Waals surface area contributed by atoms with E-state index in [1.54, 1.807) is 16.8 Å². The predicted octanol–water partition coefficient (Wildman–Crippen LogP) is 1.87. The average molecular weight is 271 g/mol. The zero-order valence-corrected chi connectivity index (χ0v) is 11.6. The van der Waals surface area contributed by atoms with Gasteiger partial charge in [-0.1, -0.05) is 12.1 Å². The van der Waals surface area contributed by atoms with E-state index in [-0.39, 0.29) is 5.56 Å². The molecule has 0 unspecified atom stereocenters. The van der Waals surface area contributed by atoms with Crippen LogP contribution in [0.25, 0.3) is 5.69 Å². The molecule has 5 heteroatoms. The van der Waals surface area contributed by atoms with Gasteiger partial charge in [0.2, 0.25) is 0 Å². The standard InChI is InChI=1S/C15H17N3O2/c1-10-12-9-17(2)8-7-14(12)18(16-10)13-6-4-3-5-11(13)15(19)20/h3-6H,7-9H2,1-2H3,(H,19,20). The largest absolute Gasteiger partial charge is 0.478 e. The molecule has 104 valence electrons. The Balaban J connectivity index is 2.17. The Hall–Kier alpha value is -2.14. The molecular formula is C15H17N3O2. The van der Waals surface area contributed by atoms with Crippen LogP contribution in [0.3, 0.4) is 0 Å². The zero-order chi connectivity index (χ0) is 14.3. The van der Waals surface area contributed by atoms with Crippen LogP contribution in [-0.2, 0) is 13.0 Å². The topological polar surface area (TPSA) is 58.4 Å². The summed E-state index contributed by atoms with van der Waals surface area (Å²) in [6.07, 6.45) is 0.890. The summed E-state index contributed by atoms with van der Waals surface area (Å²) in [4.78, 5) is 13.6.